The zero-order valence-electron chi connectivity index (χ0n) is 20.1. The van der Waals surface area contributed by atoms with E-state index in [2.05, 4.69) is 11.0 Å². The maximum atomic E-state index is 14.5. The predicted octanol–water partition coefficient (Wildman–Crippen LogP) is 4.85. The third kappa shape index (κ3) is 6.69. The number of piperidine rings is 1. The number of hydrogen-bond acceptors (Lipinski definition) is 5. The monoisotopic (exact) mass is 496 g/mol. The standard InChI is InChI=1S/C28H33FN2O3S/c1-30(28(33)24-11-16-35-20-24)27(18-23-6-2-3-8-26(23)29)22-9-12-31(13-10-22)19-21-5-4-7-25(17-21)34-15-14-32/h2-8,11,16-17,20,22,27,32H,9-10,12-15,18-19H2,1H3. The number of rotatable bonds is 10. The van der Waals surface area contributed by atoms with Gasteiger partial charge >= 0.3 is 0 Å². The van der Waals surface area contributed by atoms with Gasteiger partial charge in [-0.3, -0.25) is 9.69 Å². The van der Waals surface area contributed by atoms with E-state index < -0.39 is 0 Å². The second kappa shape index (κ2) is 12.3. The van der Waals surface area contributed by atoms with Gasteiger partial charge in [-0.2, -0.15) is 11.3 Å². The first-order valence-corrected chi connectivity index (χ1v) is 13.1. The number of carbonyl (C=O) groups is 1. The molecule has 4 rings (SSSR count). The molecule has 1 aliphatic heterocycles. The summed E-state index contributed by atoms with van der Waals surface area (Å²) in [6.45, 7) is 2.94. The van der Waals surface area contributed by atoms with Gasteiger partial charge < -0.3 is 14.7 Å². The van der Waals surface area contributed by atoms with Crippen molar-refractivity contribution in [1.82, 2.24) is 9.80 Å². The van der Waals surface area contributed by atoms with Crippen LogP contribution in [0.5, 0.6) is 5.75 Å². The van der Waals surface area contributed by atoms with Gasteiger partial charge in [0, 0.05) is 25.0 Å². The second-order valence-corrected chi connectivity index (χ2v) is 9.90. The molecule has 0 aliphatic carbocycles. The largest absolute Gasteiger partial charge is 0.491 e. The molecule has 1 unspecified atom stereocenters. The molecule has 1 saturated heterocycles. The summed E-state index contributed by atoms with van der Waals surface area (Å²) in [4.78, 5) is 17.4. The SMILES string of the molecule is CN(C(=O)c1ccsc1)C(Cc1ccccc1F)C1CCN(Cc2cccc(OCCO)c2)CC1. The van der Waals surface area contributed by atoms with Crippen LogP contribution in [0.2, 0.25) is 0 Å². The lowest BCUT2D eigenvalue weighted by atomic mass is 9.84. The molecule has 0 saturated carbocycles. The molecule has 0 spiro atoms. The highest BCUT2D eigenvalue weighted by molar-refractivity contribution is 7.08. The van der Waals surface area contributed by atoms with Gasteiger partial charge in [0.05, 0.1) is 12.2 Å². The molecule has 1 N–H and O–H groups in total. The average molecular weight is 497 g/mol. The number of amides is 1. The van der Waals surface area contributed by atoms with Gasteiger partial charge in [-0.05, 0) is 79.0 Å². The molecule has 0 bridgehead atoms. The number of aliphatic hydroxyl groups excluding tert-OH is 1. The summed E-state index contributed by atoms with van der Waals surface area (Å²) in [5.41, 5.74) is 2.52. The van der Waals surface area contributed by atoms with E-state index in [0.717, 1.165) is 38.2 Å². The predicted molar refractivity (Wildman–Crippen MR) is 137 cm³/mol. The molecule has 0 radical (unpaired) electrons. The van der Waals surface area contributed by atoms with Gasteiger partial charge in [0.1, 0.15) is 18.2 Å². The van der Waals surface area contributed by atoms with Crippen LogP contribution in [0, 0.1) is 11.7 Å². The van der Waals surface area contributed by atoms with Crippen LogP contribution in [0.25, 0.3) is 0 Å². The molecule has 2 aromatic carbocycles. The molecule has 1 atom stereocenters. The first kappa shape index (κ1) is 25.4. The van der Waals surface area contributed by atoms with Crippen molar-refractivity contribution in [3.05, 3.63) is 87.9 Å². The van der Waals surface area contributed by atoms with Gasteiger partial charge in [-0.1, -0.05) is 30.3 Å². The van der Waals surface area contributed by atoms with Gasteiger partial charge in [0.25, 0.3) is 5.91 Å². The number of ether oxygens (including phenoxy) is 1. The lowest BCUT2D eigenvalue weighted by molar-refractivity contribution is 0.0584. The van der Waals surface area contributed by atoms with Crippen LogP contribution in [-0.4, -0.2) is 60.2 Å². The van der Waals surface area contributed by atoms with Crippen molar-refractivity contribution in [2.75, 3.05) is 33.4 Å². The minimum absolute atomic E-state index is 0.00481. The molecule has 5 nitrogen and oxygen atoms in total. The fourth-order valence-electron chi connectivity index (χ4n) is 4.90. The first-order valence-electron chi connectivity index (χ1n) is 12.1. The molecule has 7 heteroatoms. The summed E-state index contributed by atoms with van der Waals surface area (Å²) in [6.07, 6.45) is 2.40. The molecule has 1 fully saturated rings. The Balaban J connectivity index is 1.43. The lowest BCUT2D eigenvalue weighted by Gasteiger charge is -2.40. The smallest absolute Gasteiger partial charge is 0.254 e. The Kier molecular flexibility index (Phi) is 8.90. The maximum Gasteiger partial charge on any atom is 0.254 e. The highest BCUT2D eigenvalue weighted by Gasteiger charge is 2.32. The van der Waals surface area contributed by atoms with Crippen molar-refractivity contribution < 1.29 is 19.0 Å². The van der Waals surface area contributed by atoms with E-state index in [1.807, 2.05) is 59.1 Å². The Hall–Kier alpha value is -2.74. The first-order chi connectivity index (χ1) is 17.0. The number of halogens is 1. The zero-order valence-corrected chi connectivity index (χ0v) is 20.9. The Morgan fingerprint density at radius 2 is 2.00 bits per heavy atom. The highest BCUT2D eigenvalue weighted by atomic mass is 32.1. The van der Waals surface area contributed by atoms with E-state index in [1.165, 1.54) is 23.0 Å². The summed E-state index contributed by atoms with van der Waals surface area (Å²) in [6, 6.07) is 16.7. The van der Waals surface area contributed by atoms with Gasteiger partial charge in [-0.25, -0.2) is 4.39 Å². The van der Waals surface area contributed by atoms with Crippen molar-refractivity contribution in [2.24, 2.45) is 5.92 Å². The van der Waals surface area contributed by atoms with E-state index in [4.69, 9.17) is 9.84 Å². The van der Waals surface area contributed by atoms with Crippen molar-refractivity contribution in [3.8, 4) is 5.75 Å². The van der Waals surface area contributed by atoms with Crippen LogP contribution < -0.4 is 4.74 Å². The topological polar surface area (TPSA) is 53.0 Å². The van der Waals surface area contributed by atoms with E-state index in [9.17, 15) is 9.18 Å². The summed E-state index contributed by atoms with van der Waals surface area (Å²) in [5, 5.41) is 12.8. The minimum Gasteiger partial charge on any atom is -0.491 e. The molecule has 3 aromatic rings. The number of hydrogen-bond donors (Lipinski definition) is 1. The van der Waals surface area contributed by atoms with Gasteiger partial charge in [-0.15, -0.1) is 0 Å². The molecular formula is C28H33FN2O3S. The number of carbonyl (C=O) groups excluding carboxylic acids is 1. The van der Waals surface area contributed by atoms with Crippen molar-refractivity contribution in [3.63, 3.8) is 0 Å². The van der Waals surface area contributed by atoms with Crippen molar-refractivity contribution in [2.45, 2.75) is 31.8 Å². The van der Waals surface area contributed by atoms with Crippen LogP contribution >= 0.6 is 11.3 Å². The Morgan fingerprint density at radius 3 is 2.71 bits per heavy atom. The van der Waals surface area contributed by atoms with Crippen molar-refractivity contribution in [1.29, 1.82) is 0 Å². The second-order valence-electron chi connectivity index (χ2n) is 9.12. The Labute approximate surface area is 210 Å². The third-order valence-corrected chi connectivity index (χ3v) is 7.50. The van der Waals surface area contributed by atoms with E-state index in [0.29, 0.717) is 17.5 Å². The summed E-state index contributed by atoms with van der Waals surface area (Å²) < 4.78 is 20.1. The van der Waals surface area contributed by atoms with Crippen LogP contribution in [0.15, 0.2) is 65.4 Å². The Morgan fingerprint density at radius 1 is 1.20 bits per heavy atom. The fraction of sp³-hybridized carbons (Fsp3) is 0.393. The Bertz CT molecular complexity index is 1080. The molecule has 2 heterocycles. The van der Waals surface area contributed by atoms with Crippen LogP contribution in [0.1, 0.15) is 34.3 Å². The number of aliphatic hydroxyl groups is 1. The number of benzene rings is 2. The number of likely N-dealkylation sites (N-methyl/N-ethyl adjacent to an activating group) is 1. The van der Waals surface area contributed by atoms with E-state index in [1.54, 1.807) is 6.07 Å². The quantitative estimate of drug-likeness (QED) is 0.436. The molecule has 1 aliphatic rings. The number of thiophene rings is 1. The summed E-state index contributed by atoms with van der Waals surface area (Å²) in [5.74, 6) is 0.840. The maximum absolute atomic E-state index is 14.5. The average Bonchev–Trinajstić information content (AvgIpc) is 3.42. The van der Waals surface area contributed by atoms with Gasteiger partial charge in [0.2, 0.25) is 0 Å². The number of likely N-dealkylation sites (tertiary alicyclic amines) is 1. The molecule has 1 amide bonds. The summed E-state index contributed by atoms with van der Waals surface area (Å²) >= 11 is 1.51. The number of nitrogens with zero attached hydrogens (tertiary/aromatic N) is 2. The highest BCUT2D eigenvalue weighted by Crippen LogP contribution is 2.29. The third-order valence-electron chi connectivity index (χ3n) is 6.81. The lowest BCUT2D eigenvalue weighted by Crippen LogP contribution is -2.47. The van der Waals surface area contributed by atoms with Crippen LogP contribution in [0.3, 0.4) is 0 Å². The van der Waals surface area contributed by atoms with Gasteiger partial charge in [0.15, 0.2) is 0 Å². The van der Waals surface area contributed by atoms with E-state index >= 15 is 0 Å². The summed E-state index contributed by atoms with van der Waals surface area (Å²) in [7, 11) is 1.86. The zero-order chi connectivity index (χ0) is 24.6. The molecule has 1 aromatic heterocycles. The fourth-order valence-corrected chi connectivity index (χ4v) is 5.53. The van der Waals surface area contributed by atoms with Crippen LogP contribution in [-0.2, 0) is 13.0 Å². The molecule has 186 valence electrons. The van der Waals surface area contributed by atoms with Crippen molar-refractivity contribution >= 4 is 17.2 Å². The molecular weight excluding hydrogens is 463 g/mol. The minimum atomic E-state index is -0.213. The molecule has 35 heavy (non-hydrogen) atoms. The normalized spacial score (nSPS) is 15.6. The van der Waals surface area contributed by atoms with E-state index in [-0.39, 0.29) is 36.9 Å². The van der Waals surface area contributed by atoms with Crippen LogP contribution in [0.4, 0.5) is 4.39 Å².